The van der Waals surface area contributed by atoms with Gasteiger partial charge in [0.15, 0.2) is 5.82 Å². The van der Waals surface area contributed by atoms with E-state index in [4.69, 9.17) is 4.52 Å². The fourth-order valence-corrected chi connectivity index (χ4v) is 2.51. The zero-order chi connectivity index (χ0) is 13.7. The first kappa shape index (κ1) is 14.5. The van der Waals surface area contributed by atoms with Crippen molar-refractivity contribution in [1.29, 1.82) is 0 Å². The Morgan fingerprint density at radius 3 is 3.05 bits per heavy atom. The van der Waals surface area contributed by atoms with E-state index < -0.39 is 0 Å². The molecule has 0 bridgehead atoms. The van der Waals surface area contributed by atoms with Gasteiger partial charge < -0.3 is 9.63 Å². The maximum atomic E-state index is 9.22. The molecule has 0 radical (unpaired) electrons. The number of rotatable bonds is 6. The van der Waals surface area contributed by atoms with E-state index in [9.17, 15) is 5.11 Å². The van der Waals surface area contributed by atoms with Gasteiger partial charge in [0, 0.05) is 19.6 Å². The predicted octanol–water partition coefficient (Wildman–Crippen LogP) is 1.86. The highest BCUT2D eigenvalue weighted by Gasteiger charge is 2.21. The summed E-state index contributed by atoms with van der Waals surface area (Å²) in [6.45, 7) is 7.37. The van der Waals surface area contributed by atoms with Gasteiger partial charge in [0.2, 0.25) is 5.89 Å². The van der Waals surface area contributed by atoms with Gasteiger partial charge in [-0.05, 0) is 37.6 Å². The fourth-order valence-electron chi connectivity index (χ4n) is 2.51. The van der Waals surface area contributed by atoms with Crippen LogP contribution in [0.5, 0.6) is 0 Å². The van der Waals surface area contributed by atoms with Crippen molar-refractivity contribution in [3.8, 4) is 0 Å². The van der Waals surface area contributed by atoms with E-state index >= 15 is 0 Å². The smallest absolute Gasteiger partial charge is 0.240 e. The van der Waals surface area contributed by atoms with Crippen molar-refractivity contribution < 1.29 is 9.63 Å². The minimum absolute atomic E-state index is 0.278. The second kappa shape index (κ2) is 7.01. The average Bonchev–Trinajstić information content (AvgIpc) is 2.84. The lowest BCUT2D eigenvalue weighted by molar-refractivity contribution is 0.107. The zero-order valence-corrected chi connectivity index (χ0v) is 12.0. The third kappa shape index (κ3) is 4.58. The summed E-state index contributed by atoms with van der Waals surface area (Å²) in [5, 5.41) is 13.3. The molecule has 5 heteroatoms. The van der Waals surface area contributed by atoms with Crippen molar-refractivity contribution in [2.45, 2.75) is 46.1 Å². The van der Waals surface area contributed by atoms with E-state index in [1.54, 1.807) is 0 Å². The molecule has 108 valence electrons. The Balaban J connectivity index is 1.82. The highest BCUT2D eigenvalue weighted by Crippen LogP contribution is 2.17. The molecule has 1 aliphatic rings. The van der Waals surface area contributed by atoms with Crippen molar-refractivity contribution in [2.24, 2.45) is 11.8 Å². The van der Waals surface area contributed by atoms with E-state index in [-0.39, 0.29) is 6.61 Å². The molecule has 1 atom stereocenters. The molecule has 1 aliphatic heterocycles. The van der Waals surface area contributed by atoms with Crippen LogP contribution in [0.25, 0.3) is 0 Å². The maximum Gasteiger partial charge on any atom is 0.240 e. The van der Waals surface area contributed by atoms with Crippen molar-refractivity contribution in [3.05, 3.63) is 11.7 Å². The Hall–Kier alpha value is -0.940. The summed E-state index contributed by atoms with van der Waals surface area (Å²) in [5.41, 5.74) is 0. The highest BCUT2D eigenvalue weighted by molar-refractivity contribution is 4.88. The van der Waals surface area contributed by atoms with E-state index in [1.807, 2.05) is 0 Å². The second-order valence-electron chi connectivity index (χ2n) is 5.96. The van der Waals surface area contributed by atoms with Crippen LogP contribution in [0.1, 0.15) is 44.8 Å². The fraction of sp³-hybridized carbons (Fsp3) is 0.857. The molecular formula is C14H25N3O2. The van der Waals surface area contributed by atoms with Gasteiger partial charge in [-0.3, -0.25) is 4.90 Å². The SMILES string of the molecule is CC(C)CCc1noc(CN2CCCC(CO)C2)n1. The van der Waals surface area contributed by atoms with Crippen LogP contribution in [0.2, 0.25) is 0 Å². The number of likely N-dealkylation sites (tertiary alicyclic amines) is 1. The molecule has 2 rings (SSSR count). The lowest BCUT2D eigenvalue weighted by Gasteiger charge is -2.30. The monoisotopic (exact) mass is 267 g/mol. The normalized spacial score (nSPS) is 21.2. The van der Waals surface area contributed by atoms with E-state index in [1.165, 1.54) is 0 Å². The van der Waals surface area contributed by atoms with E-state index in [2.05, 4.69) is 28.9 Å². The zero-order valence-electron chi connectivity index (χ0n) is 12.0. The van der Waals surface area contributed by atoms with Gasteiger partial charge in [0.05, 0.1) is 6.54 Å². The molecule has 1 aromatic rings. The van der Waals surface area contributed by atoms with Gasteiger partial charge in [-0.2, -0.15) is 4.98 Å². The molecule has 1 saturated heterocycles. The minimum atomic E-state index is 0.278. The van der Waals surface area contributed by atoms with Crippen LogP contribution in [0.4, 0.5) is 0 Å². The minimum Gasteiger partial charge on any atom is -0.396 e. The van der Waals surface area contributed by atoms with Crippen molar-refractivity contribution in [2.75, 3.05) is 19.7 Å². The molecule has 1 unspecified atom stereocenters. The highest BCUT2D eigenvalue weighted by atomic mass is 16.5. The topological polar surface area (TPSA) is 62.4 Å². The maximum absolute atomic E-state index is 9.22. The summed E-state index contributed by atoms with van der Waals surface area (Å²) < 4.78 is 5.30. The number of nitrogens with zero attached hydrogens (tertiary/aromatic N) is 3. The molecule has 0 aliphatic carbocycles. The van der Waals surface area contributed by atoms with Gasteiger partial charge in [0.1, 0.15) is 0 Å². The Kier molecular flexibility index (Phi) is 5.34. The van der Waals surface area contributed by atoms with E-state index in [0.29, 0.717) is 24.3 Å². The molecule has 0 spiro atoms. The Morgan fingerprint density at radius 1 is 1.47 bits per heavy atom. The largest absolute Gasteiger partial charge is 0.396 e. The molecule has 1 N–H and O–H groups in total. The third-order valence-electron chi connectivity index (χ3n) is 3.68. The van der Waals surface area contributed by atoms with Gasteiger partial charge in [-0.1, -0.05) is 19.0 Å². The molecule has 2 heterocycles. The number of aliphatic hydroxyl groups is 1. The standard InChI is InChI=1S/C14H25N3O2/c1-11(2)5-6-13-15-14(19-16-13)9-17-7-3-4-12(8-17)10-18/h11-12,18H,3-10H2,1-2H3. The first-order chi connectivity index (χ1) is 9.17. The first-order valence-electron chi connectivity index (χ1n) is 7.32. The molecule has 1 aromatic heterocycles. The second-order valence-corrected chi connectivity index (χ2v) is 5.96. The molecule has 5 nitrogen and oxygen atoms in total. The Morgan fingerprint density at radius 2 is 2.32 bits per heavy atom. The first-order valence-corrected chi connectivity index (χ1v) is 7.32. The molecule has 0 amide bonds. The van der Waals surface area contributed by atoms with Crippen LogP contribution in [-0.4, -0.2) is 39.8 Å². The van der Waals surface area contributed by atoms with Crippen LogP contribution in [0.15, 0.2) is 4.52 Å². The summed E-state index contributed by atoms with van der Waals surface area (Å²) in [4.78, 5) is 6.74. The van der Waals surface area contributed by atoms with Crippen LogP contribution >= 0.6 is 0 Å². The third-order valence-corrected chi connectivity index (χ3v) is 3.68. The van der Waals surface area contributed by atoms with Gasteiger partial charge >= 0.3 is 0 Å². The molecule has 0 saturated carbocycles. The lowest BCUT2D eigenvalue weighted by atomic mass is 9.99. The molecular weight excluding hydrogens is 242 g/mol. The summed E-state index contributed by atoms with van der Waals surface area (Å²) in [6.07, 6.45) is 4.24. The summed E-state index contributed by atoms with van der Waals surface area (Å²) in [5.74, 6) is 2.59. The van der Waals surface area contributed by atoms with Crippen LogP contribution in [-0.2, 0) is 13.0 Å². The van der Waals surface area contributed by atoms with Crippen LogP contribution in [0, 0.1) is 11.8 Å². The molecule has 19 heavy (non-hydrogen) atoms. The number of hydrogen-bond donors (Lipinski definition) is 1. The predicted molar refractivity (Wildman–Crippen MR) is 72.5 cm³/mol. The number of aromatic nitrogens is 2. The average molecular weight is 267 g/mol. The van der Waals surface area contributed by atoms with Gasteiger partial charge in [-0.15, -0.1) is 0 Å². The molecule has 0 aromatic carbocycles. The van der Waals surface area contributed by atoms with Crippen LogP contribution < -0.4 is 0 Å². The number of aryl methyl sites for hydroxylation is 1. The summed E-state index contributed by atoms with van der Waals surface area (Å²) in [6, 6.07) is 0. The lowest BCUT2D eigenvalue weighted by Crippen LogP contribution is -2.36. The number of hydrogen-bond acceptors (Lipinski definition) is 5. The van der Waals surface area contributed by atoms with E-state index in [0.717, 1.165) is 44.6 Å². The van der Waals surface area contributed by atoms with Crippen molar-refractivity contribution in [3.63, 3.8) is 0 Å². The Bertz CT molecular complexity index is 379. The quantitative estimate of drug-likeness (QED) is 0.852. The van der Waals surface area contributed by atoms with Crippen LogP contribution in [0.3, 0.4) is 0 Å². The Labute approximate surface area is 115 Å². The summed E-state index contributed by atoms with van der Waals surface area (Å²) >= 11 is 0. The number of piperidine rings is 1. The van der Waals surface area contributed by atoms with Crippen molar-refractivity contribution >= 4 is 0 Å². The number of aliphatic hydroxyl groups excluding tert-OH is 1. The molecule has 1 fully saturated rings. The summed E-state index contributed by atoms with van der Waals surface area (Å²) in [7, 11) is 0. The van der Waals surface area contributed by atoms with Gasteiger partial charge in [-0.25, -0.2) is 0 Å². The van der Waals surface area contributed by atoms with Crippen molar-refractivity contribution in [1.82, 2.24) is 15.0 Å². The van der Waals surface area contributed by atoms with Gasteiger partial charge in [0.25, 0.3) is 0 Å².